The van der Waals surface area contributed by atoms with Gasteiger partial charge in [0.1, 0.15) is 5.69 Å². The maximum Gasteiger partial charge on any atom is 0.269 e. The SMILES string of the molecule is COc1ccc(C(=O)NCCc2ccc(S(=O)(=O)NC(=O)c3ccc(C(=O)NCCO)nc3)cc2)cc1OC. The summed E-state index contributed by atoms with van der Waals surface area (Å²) in [7, 11) is -1.19. The minimum absolute atomic E-state index is 0.0124. The Morgan fingerprint density at radius 3 is 2.10 bits per heavy atom. The van der Waals surface area contributed by atoms with Gasteiger partial charge in [-0.25, -0.2) is 13.1 Å². The molecular formula is C26H28N4O8S. The number of amides is 3. The standard InChI is InChI=1S/C26H28N4O8S/c1-37-22-10-6-18(15-23(22)38-2)24(32)27-12-11-17-3-7-20(8-4-17)39(35,36)30-25(33)19-5-9-21(29-16-19)26(34)28-13-14-31/h3-10,15-16,31H,11-14H2,1-2H3,(H,27,32)(H,28,34)(H,30,33). The molecule has 206 valence electrons. The summed E-state index contributed by atoms with van der Waals surface area (Å²) in [4.78, 5) is 40.4. The molecule has 0 aliphatic heterocycles. The molecule has 0 unspecified atom stereocenters. The zero-order chi connectivity index (χ0) is 28.4. The number of carbonyl (C=O) groups excluding carboxylic acids is 3. The van der Waals surface area contributed by atoms with Crippen molar-refractivity contribution in [2.45, 2.75) is 11.3 Å². The Bertz CT molecular complexity index is 1430. The van der Waals surface area contributed by atoms with Crippen LogP contribution in [-0.2, 0) is 16.4 Å². The topological polar surface area (TPSA) is 173 Å². The van der Waals surface area contributed by atoms with Crippen molar-refractivity contribution in [1.29, 1.82) is 0 Å². The average Bonchev–Trinajstić information content (AvgIpc) is 2.95. The second-order valence-electron chi connectivity index (χ2n) is 8.07. The first-order chi connectivity index (χ1) is 18.7. The molecule has 2 aromatic carbocycles. The van der Waals surface area contributed by atoms with Crippen molar-refractivity contribution in [3.8, 4) is 11.5 Å². The lowest BCUT2D eigenvalue weighted by Crippen LogP contribution is -2.31. The number of hydrogen-bond donors (Lipinski definition) is 4. The molecule has 39 heavy (non-hydrogen) atoms. The number of pyridine rings is 1. The normalized spacial score (nSPS) is 10.8. The zero-order valence-electron chi connectivity index (χ0n) is 21.3. The molecule has 0 fully saturated rings. The van der Waals surface area contributed by atoms with Gasteiger partial charge in [-0.15, -0.1) is 0 Å². The molecule has 3 aromatic rings. The van der Waals surface area contributed by atoms with E-state index in [1.54, 1.807) is 30.3 Å². The number of aliphatic hydroxyl groups is 1. The number of nitrogens with one attached hydrogen (secondary N) is 3. The van der Waals surface area contributed by atoms with Gasteiger partial charge in [0.05, 0.1) is 31.3 Å². The summed E-state index contributed by atoms with van der Waals surface area (Å²) in [5.74, 6) is -0.805. The third-order valence-electron chi connectivity index (χ3n) is 5.46. The summed E-state index contributed by atoms with van der Waals surface area (Å²) in [6.07, 6.45) is 1.52. The molecule has 3 rings (SSSR count). The van der Waals surface area contributed by atoms with E-state index in [9.17, 15) is 22.8 Å². The van der Waals surface area contributed by atoms with Gasteiger partial charge < -0.3 is 25.2 Å². The quantitative estimate of drug-likeness (QED) is 0.253. The Kier molecular flexibility index (Phi) is 9.95. The van der Waals surface area contributed by atoms with Crippen LogP contribution in [0.2, 0.25) is 0 Å². The Balaban J connectivity index is 1.55. The molecule has 1 aromatic heterocycles. The summed E-state index contributed by atoms with van der Waals surface area (Å²) in [5.41, 5.74) is 1.13. The fraction of sp³-hybridized carbons (Fsp3) is 0.231. The predicted octanol–water partition coefficient (Wildman–Crippen LogP) is 0.912. The number of carbonyl (C=O) groups is 3. The third kappa shape index (κ3) is 7.75. The smallest absolute Gasteiger partial charge is 0.269 e. The molecule has 13 heteroatoms. The second kappa shape index (κ2) is 13.3. The van der Waals surface area contributed by atoms with Crippen molar-refractivity contribution in [1.82, 2.24) is 20.3 Å². The van der Waals surface area contributed by atoms with Gasteiger partial charge in [0, 0.05) is 24.8 Å². The lowest BCUT2D eigenvalue weighted by Gasteiger charge is -2.10. The Morgan fingerprint density at radius 2 is 1.49 bits per heavy atom. The number of rotatable bonds is 12. The van der Waals surface area contributed by atoms with Crippen molar-refractivity contribution in [3.63, 3.8) is 0 Å². The second-order valence-corrected chi connectivity index (χ2v) is 9.75. The van der Waals surface area contributed by atoms with E-state index in [2.05, 4.69) is 15.6 Å². The van der Waals surface area contributed by atoms with Gasteiger partial charge in [-0.3, -0.25) is 19.4 Å². The molecule has 0 saturated carbocycles. The van der Waals surface area contributed by atoms with Gasteiger partial charge in [-0.05, 0) is 54.4 Å². The lowest BCUT2D eigenvalue weighted by atomic mass is 10.1. The molecule has 0 aliphatic rings. The van der Waals surface area contributed by atoms with Crippen LogP contribution in [-0.4, -0.2) is 70.1 Å². The van der Waals surface area contributed by atoms with Crippen molar-refractivity contribution >= 4 is 27.7 Å². The molecule has 0 atom stereocenters. The average molecular weight is 557 g/mol. The number of aliphatic hydroxyl groups excluding tert-OH is 1. The van der Waals surface area contributed by atoms with E-state index >= 15 is 0 Å². The summed E-state index contributed by atoms with van der Waals surface area (Å²) in [6.45, 7) is 0.118. The molecule has 0 spiro atoms. The summed E-state index contributed by atoms with van der Waals surface area (Å²) < 4.78 is 37.7. The molecule has 0 radical (unpaired) electrons. The monoisotopic (exact) mass is 556 g/mol. The minimum Gasteiger partial charge on any atom is -0.493 e. The molecule has 3 amide bonds. The molecule has 12 nitrogen and oxygen atoms in total. The van der Waals surface area contributed by atoms with Gasteiger partial charge in [0.2, 0.25) is 0 Å². The largest absolute Gasteiger partial charge is 0.493 e. The number of nitrogens with zero attached hydrogens (tertiary/aromatic N) is 1. The number of hydrogen-bond acceptors (Lipinski definition) is 9. The van der Waals surface area contributed by atoms with Gasteiger partial charge in [-0.1, -0.05) is 12.1 Å². The van der Waals surface area contributed by atoms with E-state index in [1.807, 2.05) is 4.72 Å². The van der Waals surface area contributed by atoms with Crippen LogP contribution in [0.5, 0.6) is 11.5 Å². The highest BCUT2D eigenvalue weighted by molar-refractivity contribution is 7.90. The fourth-order valence-electron chi connectivity index (χ4n) is 3.40. The molecule has 0 aliphatic carbocycles. The minimum atomic E-state index is -4.17. The first-order valence-corrected chi connectivity index (χ1v) is 13.2. The van der Waals surface area contributed by atoms with Crippen molar-refractivity contribution < 1.29 is 37.4 Å². The van der Waals surface area contributed by atoms with E-state index in [1.165, 1.54) is 38.5 Å². The maximum atomic E-state index is 12.7. The van der Waals surface area contributed by atoms with E-state index in [4.69, 9.17) is 14.6 Å². The van der Waals surface area contributed by atoms with E-state index in [0.29, 0.717) is 30.0 Å². The van der Waals surface area contributed by atoms with E-state index in [-0.39, 0.29) is 35.2 Å². The highest BCUT2D eigenvalue weighted by Crippen LogP contribution is 2.27. The third-order valence-corrected chi connectivity index (χ3v) is 6.81. The highest BCUT2D eigenvalue weighted by atomic mass is 32.2. The number of benzene rings is 2. The lowest BCUT2D eigenvalue weighted by molar-refractivity contribution is 0.0934. The first-order valence-electron chi connectivity index (χ1n) is 11.7. The van der Waals surface area contributed by atoms with Crippen LogP contribution in [0.4, 0.5) is 0 Å². The summed E-state index contributed by atoms with van der Waals surface area (Å²) in [6, 6.07) is 13.2. The predicted molar refractivity (Wildman–Crippen MR) is 140 cm³/mol. The van der Waals surface area contributed by atoms with Crippen LogP contribution in [0.25, 0.3) is 0 Å². The van der Waals surface area contributed by atoms with Gasteiger partial charge in [0.15, 0.2) is 11.5 Å². The zero-order valence-corrected chi connectivity index (χ0v) is 22.1. The maximum absolute atomic E-state index is 12.7. The highest BCUT2D eigenvalue weighted by Gasteiger charge is 2.19. The van der Waals surface area contributed by atoms with Crippen molar-refractivity contribution in [2.75, 3.05) is 33.9 Å². The van der Waals surface area contributed by atoms with Crippen molar-refractivity contribution in [3.05, 3.63) is 83.2 Å². The van der Waals surface area contributed by atoms with Crippen LogP contribution >= 0.6 is 0 Å². The molecule has 4 N–H and O–H groups in total. The van der Waals surface area contributed by atoms with Crippen LogP contribution in [0.15, 0.2) is 65.7 Å². The van der Waals surface area contributed by atoms with E-state index in [0.717, 1.165) is 11.8 Å². The number of sulfonamides is 1. The molecule has 0 saturated heterocycles. The van der Waals surface area contributed by atoms with Crippen LogP contribution < -0.4 is 24.8 Å². The molecule has 1 heterocycles. The van der Waals surface area contributed by atoms with Gasteiger partial charge in [0.25, 0.3) is 27.7 Å². The van der Waals surface area contributed by atoms with E-state index < -0.39 is 21.8 Å². The van der Waals surface area contributed by atoms with Crippen LogP contribution in [0, 0.1) is 0 Å². The van der Waals surface area contributed by atoms with Crippen LogP contribution in [0.3, 0.4) is 0 Å². The fourth-order valence-corrected chi connectivity index (χ4v) is 4.37. The van der Waals surface area contributed by atoms with Crippen molar-refractivity contribution in [2.24, 2.45) is 0 Å². The number of methoxy groups -OCH3 is 2. The Labute approximate surface area is 225 Å². The molecule has 0 bridgehead atoms. The van der Waals surface area contributed by atoms with Gasteiger partial charge >= 0.3 is 0 Å². The summed E-state index contributed by atoms with van der Waals surface area (Å²) >= 11 is 0. The number of aromatic nitrogens is 1. The first kappa shape index (κ1) is 29.1. The Morgan fingerprint density at radius 1 is 0.821 bits per heavy atom. The Hall–Kier alpha value is -4.49. The number of ether oxygens (including phenoxy) is 2. The van der Waals surface area contributed by atoms with Gasteiger partial charge in [-0.2, -0.15) is 0 Å². The molecular weight excluding hydrogens is 528 g/mol. The van der Waals surface area contributed by atoms with Crippen LogP contribution in [0.1, 0.15) is 36.8 Å². The summed E-state index contributed by atoms with van der Waals surface area (Å²) in [5, 5.41) is 14.0.